The van der Waals surface area contributed by atoms with Gasteiger partial charge in [-0.15, -0.1) is 12.4 Å². The van der Waals surface area contributed by atoms with Crippen molar-refractivity contribution in [1.82, 2.24) is 5.32 Å². The molecule has 190 valence electrons. The van der Waals surface area contributed by atoms with Crippen LogP contribution in [0, 0.1) is 0 Å². The average molecular weight is 482 g/mol. The second-order valence-electron chi connectivity index (χ2n) is 8.96. The highest BCUT2D eigenvalue weighted by molar-refractivity contribution is 6.62. The Kier molecular flexibility index (Phi) is 27.0. The van der Waals surface area contributed by atoms with Crippen molar-refractivity contribution in [2.24, 2.45) is 0 Å². The lowest BCUT2D eigenvalue weighted by Gasteiger charge is -2.30. The Labute approximate surface area is 202 Å². The number of hydrogen-bond acceptors (Lipinski definition) is 4. The first-order valence-corrected chi connectivity index (χ1v) is 14.8. The summed E-state index contributed by atoms with van der Waals surface area (Å²) in [6.45, 7) is 6.58. The van der Waals surface area contributed by atoms with Gasteiger partial charge in [0.1, 0.15) is 0 Å². The van der Waals surface area contributed by atoms with Crippen molar-refractivity contribution in [1.29, 1.82) is 0 Å². The minimum Gasteiger partial charge on any atom is -0.377 e. The molecule has 0 aromatic rings. The summed E-state index contributed by atoms with van der Waals surface area (Å²) in [7, 11) is 2.61. The fourth-order valence-corrected chi connectivity index (χ4v) is 6.48. The van der Waals surface area contributed by atoms with Gasteiger partial charge in [-0.05, 0) is 25.9 Å². The van der Waals surface area contributed by atoms with Gasteiger partial charge in [0.2, 0.25) is 0 Å². The summed E-state index contributed by atoms with van der Waals surface area (Å²) in [5.74, 6) is 0. The van der Waals surface area contributed by atoms with E-state index in [1.807, 2.05) is 0 Å². The molecule has 0 aliphatic heterocycles. The second-order valence-corrected chi connectivity index (χ2v) is 12.4. The number of halogens is 1. The largest absolute Gasteiger partial charge is 0.503 e. The van der Waals surface area contributed by atoms with Gasteiger partial charge in [0, 0.05) is 26.9 Å². The maximum atomic E-state index is 5.56. The standard InChI is InChI=1S/C25H55NO3Si.ClH/c1-6-7-8-9-10-11-12-13-14-15-16-17-18-19-20-21-23-26-24-22-25(2)30(27-3,28-4)29-5;/h25-26H,6-24H2,1-5H3;1H. The zero-order chi connectivity index (χ0) is 22.3. The Morgan fingerprint density at radius 1 is 0.581 bits per heavy atom. The van der Waals surface area contributed by atoms with E-state index in [1.54, 1.807) is 21.3 Å². The summed E-state index contributed by atoms with van der Waals surface area (Å²) in [6, 6.07) is 0. The molecular formula is C25H56ClNO3Si. The van der Waals surface area contributed by atoms with Gasteiger partial charge in [-0.1, -0.05) is 110 Å². The van der Waals surface area contributed by atoms with Crippen LogP contribution in [0.5, 0.6) is 0 Å². The summed E-state index contributed by atoms with van der Waals surface area (Å²) in [5, 5.41) is 3.57. The second kappa shape index (κ2) is 25.0. The molecule has 1 N–H and O–H groups in total. The van der Waals surface area contributed by atoms with E-state index < -0.39 is 8.80 Å². The van der Waals surface area contributed by atoms with E-state index in [0.29, 0.717) is 5.54 Å². The third kappa shape index (κ3) is 18.5. The van der Waals surface area contributed by atoms with E-state index in [4.69, 9.17) is 13.3 Å². The fraction of sp³-hybridized carbons (Fsp3) is 1.00. The van der Waals surface area contributed by atoms with Gasteiger partial charge in [-0.3, -0.25) is 0 Å². The lowest BCUT2D eigenvalue weighted by Crippen LogP contribution is -2.47. The topological polar surface area (TPSA) is 39.7 Å². The molecule has 4 nitrogen and oxygen atoms in total. The molecule has 0 saturated carbocycles. The lowest BCUT2D eigenvalue weighted by molar-refractivity contribution is 0.112. The van der Waals surface area contributed by atoms with Crippen molar-refractivity contribution in [3.8, 4) is 0 Å². The highest BCUT2D eigenvalue weighted by atomic mass is 35.5. The normalized spacial score (nSPS) is 12.7. The number of rotatable bonds is 24. The molecule has 0 rings (SSSR count). The summed E-state index contributed by atoms with van der Waals surface area (Å²) < 4.78 is 16.7. The first-order chi connectivity index (χ1) is 14.7. The van der Waals surface area contributed by atoms with Crippen molar-refractivity contribution in [2.75, 3.05) is 34.4 Å². The average Bonchev–Trinajstić information content (AvgIpc) is 2.77. The smallest absolute Gasteiger partial charge is 0.377 e. The van der Waals surface area contributed by atoms with Gasteiger partial charge in [0.25, 0.3) is 0 Å². The molecule has 0 aliphatic rings. The monoisotopic (exact) mass is 481 g/mol. The fourth-order valence-electron chi connectivity index (χ4n) is 4.27. The molecule has 1 atom stereocenters. The first-order valence-electron chi connectivity index (χ1n) is 13.0. The van der Waals surface area contributed by atoms with Gasteiger partial charge in [0.05, 0.1) is 0 Å². The highest BCUT2D eigenvalue weighted by Gasteiger charge is 2.43. The van der Waals surface area contributed by atoms with Crippen LogP contribution in [0.2, 0.25) is 5.54 Å². The molecule has 0 aromatic carbocycles. The zero-order valence-corrected chi connectivity index (χ0v) is 23.5. The maximum Gasteiger partial charge on any atom is 0.503 e. The van der Waals surface area contributed by atoms with Crippen LogP contribution < -0.4 is 5.32 Å². The molecular weight excluding hydrogens is 426 g/mol. The Balaban J connectivity index is 0. The first kappa shape index (κ1) is 33.5. The molecule has 0 aromatic heterocycles. The van der Waals surface area contributed by atoms with Crippen molar-refractivity contribution < 1.29 is 13.3 Å². The minimum absolute atomic E-state index is 0. The third-order valence-corrected chi connectivity index (χ3v) is 9.62. The Bertz CT molecular complexity index is 338. The van der Waals surface area contributed by atoms with E-state index in [2.05, 4.69) is 19.2 Å². The van der Waals surface area contributed by atoms with Crippen molar-refractivity contribution in [3.63, 3.8) is 0 Å². The third-order valence-electron chi connectivity index (χ3n) is 6.42. The Morgan fingerprint density at radius 3 is 1.29 bits per heavy atom. The van der Waals surface area contributed by atoms with Gasteiger partial charge in [-0.2, -0.15) is 0 Å². The molecule has 0 spiro atoms. The molecule has 31 heavy (non-hydrogen) atoms. The molecule has 0 saturated heterocycles. The van der Waals surface area contributed by atoms with Crippen LogP contribution in [0.15, 0.2) is 0 Å². The molecule has 1 unspecified atom stereocenters. The van der Waals surface area contributed by atoms with E-state index in [1.165, 1.54) is 103 Å². The minimum atomic E-state index is -2.47. The van der Waals surface area contributed by atoms with Crippen molar-refractivity contribution in [2.45, 2.75) is 129 Å². The van der Waals surface area contributed by atoms with E-state index in [-0.39, 0.29) is 12.4 Å². The quantitative estimate of drug-likeness (QED) is 0.112. The molecule has 6 heteroatoms. The molecule has 0 aliphatic carbocycles. The molecule has 0 radical (unpaired) electrons. The van der Waals surface area contributed by atoms with Gasteiger partial charge in [-0.25, -0.2) is 0 Å². The summed E-state index contributed by atoms with van der Waals surface area (Å²) in [5.41, 5.74) is 0.316. The number of unbranched alkanes of at least 4 members (excludes halogenated alkanes) is 15. The zero-order valence-electron chi connectivity index (χ0n) is 21.6. The van der Waals surface area contributed by atoms with Gasteiger partial charge < -0.3 is 18.6 Å². The summed E-state index contributed by atoms with van der Waals surface area (Å²) in [6.07, 6.45) is 23.8. The van der Waals surface area contributed by atoms with E-state index in [0.717, 1.165) is 19.5 Å². The van der Waals surface area contributed by atoms with E-state index in [9.17, 15) is 0 Å². The van der Waals surface area contributed by atoms with Gasteiger partial charge >= 0.3 is 8.80 Å². The molecule has 0 heterocycles. The van der Waals surface area contributed by atoms with Crippen LogP contribution in [0.4, 0.5) is 0 Å². The van der Waals surface area contributed by atoms with E-state index >= 15 is 0 Å². The lowest BCUT2D eigenvalue weighted by atomic mass is 10.0. The summed E-state index contributed by atoms with van der Waals surface area (Å²) >= 11 is 0. The predicted octanol–water partition coefficient (Wildman–Crippen LogP) is 7.92. The van der Waals surface area contributed by atoms with Crippen LogP contribution in [0.1, 0.15) is 123 Å². The van der Waals surface area contributed by atoms with Crippen LogP contribution in [-0.4, -0.2) is 43.2 Å². The van der Waals surface area contributed by atoms with Crippen molar-refractivity contribution in [3.05, 3.63) is 0 Å². The SMILES string of the molecule is CCCCCCCCCCCCCCCCCCNCCC(C)[Si](OC)(OC)OC.Cl. The van der Waals surface area contributed by atoms with Crippen molar-refractivity contribution >= 4 is 21.2 Å². The molecule has 0 fully saturated rings. The van der Waals surface area contributed by atoms with Crippen LogP contribution in [0.25, 0.3) is 0 Å². The number of hydrogen-bond donors (Lipinski definition) is 1. The Hall–Kier alpha value is 0.347. The molecule has 0 bridgehead atoms. The summed E-state index contributed by atoms with van der Waals surface area (Å²) in [4.78, 5) is 0. The van der Waals surface area contributed by atoms with Crippen LogP contribution in [-0.2, 0) is 13.3 Å². The highest BCUT2D eigenvalue weighted by Crippen LogP contribution is 2.26. The number of nitrogens with one attached hydrogen (secondary N) is 1. The van der Waals surface area contributed by atoms with Crippen LogP contribution >= 0.6 is 12.4 Å². The maximum absolute atomic E-state index is 5.56. The Morgan fingerprint density at radius 2 is 0.935 bits per heavy atom. The van der Waals surface area contributed by atoms with Gasteiger partial charge in [0.15, 0.2) is 0 Å². The van der Waals surface area contributed by atoms with Crippen LogP contribution in [0.3, 0.4) is 0 Å². The molecule has 0 amide bonds. The predicted molar refractivity (Wildman–Crippen MR) is 140 cm³/mol.